The van der Waals surface area contributed by atoms with E-state index in [0.29, 0.717) is 6.04 Å². The van der Waals surface area contributed by atoms with Gasteiger partial charge in [0.2, 0.25) is 0 Å². The molecule has 4 rings (SSSR count). The molecular formula is C13H16N2O. The van der Waals surface area contributed by atoms with Crippen LogP contribution in [0.2, 0.25) is 0 Å². The molecule has 1 fully saturated rings. The van der Waals surface area contributed by atoms with Crippen LogP contribution in [0.4, 0.5) is 5.82 Å². The molecule has 3 aliphatic rings. The normalized spacial score (nSPS) is 27.4. The van der Waals surface area contributed by atoms with E-state index in [2.05, 4.69) is 36.2 Å². The molecule has 0 amide bonds. The smallest absolute Gasteiger partial charge is 0.153 e. The van der Waals surface area contributed by atoms with Gasteiger partial charge in [0.25, 0.3) is 0 Å². The SMILES string of the molecule is CCc1cccc(N2O[C@H]3C=C[C@@H]2CC3)n1. The maximum Gasteiger partial charge on any atom is 0.153 e. The minimum absolute atomic E-state index is 0.247. The summed E-state index contributed by atoms with van der Waals surface area (Å²) in [6.45, 7) is 2.12. The van der Waals surface area contributed by atoms with E-state index in [0.717, 1.165) is 24.4 Å². The van der Waals surface area contributed by atoms with Gasteiger partial charge in [0.05, 0.1) is 6.04 Å². The van der Waals surface area contributed by atoms with Gasteiger partial charge in [-0.05, 0) is 31.4 Å². The molecule has 0 saturated carbocycles. The van der Waals surface area contributed by atoms with Crippen molar-refractivity contribution in [3.63, 3.8) is 0 Å². The lowest BCUT2D eigenvalue weighted by Gasteiger charge is -2.40. The van der Waals surface area contributed by atoms with Gasteiger partial charge in [-0.25, -0.2) is 10.0 Å². The fourth-order valence-corrected chi connectivity index (χ4v) is 2.30. The third-order valence-corrected chi connectivity index (χ3v) is 3.23. The highest BCUT2D eigenvalue weighted by Crippen LogP contribution is 2.30. The maximum atomic E-state index is 5.85. The van der Waals surface area contributed by atoms with E-state index >= 15 is 0 Å². The van der Waals surface area contributed by atoms with E-state index in [1.54, 1.807) is 0 Å². The van der Waals surface area contributed by atoms with Gasteiger partial charge in [-0.1, -0.05) is 25.1 Å². The number of hydrogen-bond acceptors (Lipinski definition) is 3. The van der Waals surface area contributed by atoms with Crippen molar-refractivity contribution in [3.8, 4) is 0 Å². The highest BCUT2D eigenvalue weighted by atomic mass is 16.7. The maximum absolute atomic E-state index is 5.85. The minimum atomic E-state index is 0.247. The van der Waals surface area contributed by atoms with Crippen LogP contribution < -0.4 is 5.06 Å². The molecule has 1 saturated heterocycles. The molecule has 1 aromatic rings. The van der Waals surface area contributed by atoms with Crippen LogP contribution in [-0.2, 0) is 11.3 Å². The van der Waals surface area contributed by atoms with Crippen molar-refractivity contribution in [1.29, 1.82) is 0 Å². The highest BCUT2D eigenvalue weighted by molar-refractivity contribution is 5.41. The first kappa shape index (κ1) is 9.85. The lowest BCUT2D eigenvalue weighted by molar-refractivity contribution is 0.00209. The second kappa shape index (κ2) is 3.91. The van der Waals surface area contributed by atoms with Crippen LogP contribution >= 0.6 is 0 Å². The number of pyridine rings is 1. The van der Waals surface area contributed by atoms with Crippen molar-refractivity contribution in [2.24, 2.45) is 0 Å². The summed E-state index contributed by atoms with van der Waals surface area (Å²) >= 11 is 0. The lowest BCUT2D eigenvalue weighted by atomic mass is 9.98. The molecule has 3 heterocycles. The zero-order valence-corrected chi connectivity index (χ0v) is 9.47. The van der Waals surface area contributed by atoms with Crippen LogP contribution in [0.1, 0.15) is 25.5 Å². The number of rotatable bonds is 2. The van der Waals surface area contributed by atoms with Crippen LogP contribution in [0, 0.1) is 0 Å². The fourth-order valence-electron chi connectivity index (χ4n) is 2.30. The van der Waals surface area contributed by atoms with Gasteiger partial charge < -0.3 is 0 Å². The molecule has 84 valence electrons. The largest absolute Gasteiger partial charge is 0.264 e. The number of nitrogens with zero attached hydrogens (tertiary/aromatic N) is 2. The van der Waals surface area contributed by atoms with E-state index in [4.69, 9.17) is 4.84 Å². The summed E-state index contributed by atoms with van der Waals surface area (Å²) in [7, 11) is 0. The van der Waals surface area contributed by atoms with Crippen molar-refractivity contribution in [3.05, 3.63) is 36.0 Å². The number of hydroxylamine groups is 1. The van der Waals surface area contributed by atoms with Crippen molar-refractivity contribution in [1.82, 2.24) is 4.98 Å². The molecule has 3 heteroatoms. The molecule has 0 N–H and O–H groups in total. The predicted octanol–water partition coefficient (Wildman–Crippen LogP) is 2.48. The average Bonchev–Trinajstić information content (AvgIpc) is 2.40. The number of anilines is 1. The Labute approximate surface area is 95.7 Å². The summed E-state index contributed by atoms with van der Waals surface area (Å²) in [6, 6.07) is 6.50. The molecule has 3 nitrogen and oxygen atoms in total. The zero-order valence-electron chi connectivity index (χ0n) is 9.47. The first-order valence-corrected chi connectivity index (χ1v) is 5.97. The van der Waals surface area contributed by atoms with E-state index in [-0.39, 0.29) is 6.10 Å². The second-order valence-electron chi connectivity index (χ2n) is 4.34. The Hall–Kier alpha value is -1.35. The third kappa shape index (κ3) is 1.61. The first-order chi connectivity index (χ1) is 7.86. The molecule has 1 aliphatic carbocycles. The number of aryl methyl sites for hydroxylation is 1. The molecule has 16 heavy (non-hydrogen) atoms. The molecule has 2 aliphatic heterocycles. The van der Waals surface area contributed by atoms with Gasteiger partial charge in [-0.2, -0.15) is 0 Å². The summed E-state index contributed by atoms with van der Waals surface area (Å²) in [5.41, 5.74) is 1.12. The Morgan fingerprint density at radius 3 is 2.94 bits per heavy atom. The lowest BCUT2D eigenvalue weighted by Crippen LogP contribution is -2.46. The number of fused-ring (bicyclic) bond motifs is 2. The summed E-state index contributed by atoms with van der Waals surface area (Å²) in [5, 5.41) is 1.97. The van der Waals surface area contributed by atoms with Crippen LogP contribution in [0.5, 0.6) is 0 Å². The van der Waals surface area contributed by atoms with Crippen molar-refractivity contribution in [2.75, 3.05) is 5.06 Å². The second-order valence-corrected chi connectivity index (χ2v) is 4.34. The fraction of sp³-hybridized carbons (Fsp3) is 0.462. The molecule has 2 bridgehead atoms. The van der Waals surface area contributed by atoms with E-state index in [1.807, 2.05) is 11.1 Å². The predicted molar refractivity (Wildman–Crippen MR) is 63.1 cm³/mol. The summed E-state index contributed by atoms with van der Waals surface area (Å²) in [5.74, 6) is 0.943. The van der Waals surface area contributed by atoms with Gasteiger partial charge in [0.15, 0.2) is 5.82 Å². The van der Waals surface area contributed by atoms with E-state index < -0.39 is 0 Å². The van der Waals surface area contributed by atoms with Crippen LogP contribution in [-0.4, -0.2) is 17.1 Å². The third-order valence-electron chi connectivity index (χ3n) is 3.23. The zero-order chi connectivity index (χ0) is 11.0. The number of hydrogen-bond donors (Lipinski definition) is 0. The first-order valence-electron chi connectivity index (χ1n) is 5.97. The molecule has 0 aromatic carbocycles. The molecular weight excluding hydrogens is 200 g/mol. The summed E-state index contributed by atoms with van der Waals surface area (Å²) in [4.78, 5) is 10.5. The van der Waals surface area contributed by atoms with Gasteiger partial charge >= 0.3 is 0 Å². The van der Waals surface area contributed by atoms with Crippen molar-refractivity contribution < 1.29 is 4.84 Å². The minimum Gasteiger partial charge on any atom is -0.264 e. The monoisotopic (exact) mass is 216 g/mol. The Bertz CT molecular complexity index is 416. The quantitative estimate of drug-likeness (QED) is 0.710. The topological polar surface area (TPSA) is 25.4 Å². The molecule has 1 aromatic heterocycles. The van der Waals surface area contributed by atoms with Gasteiger partial charge in [-0.15, -0.1) is 0 Å². The molecule has 0 radical (unpaired) electrons. The van der Waals surface area contributed by atoms with Crippen molar-refractivity contribution in [2.45, 2.75) is 38.3 Å². The van der Waals surface area contributed by atoms with Crippen LogP contribution in [0.3, 0.4) is 0 Å². The van der Waals surface area contributed by atoms with Gasteiger partial charge in [0, 0.05) is 5.69 Å². The van der Waals surface area contributed by atoms with E-state index in [1.165, 1.54) is 6.42 Å². The Balaban J connectivity index is 1.89. The van der Waals surface area contributed by atoms with Crippen molar-refractivity contribution >= 4 is 5.82 Å². The molecule has 0 unspecified atom stereocenters. The van der Waals surface area contributed by atoms with Gasteiger partial charge in [-0.3, -0.25) is 4.84 Å². The van der Waals surface area contributed by atoms with E-state index in [9.17, 15) is 0 Å². The summed E-state index contributed by atoms with van der Waals surface area (Å²) < 4.78 is 0. The van der Waals surface area contributed by atoms with Crippen LogP contribution in [0.25, 0.3) is 0 Å². The number of aromatic nitrogens is 1. The average molecular weight is 216 g/mol. The Morgan fingerprint density at radius 1 is 1.38 bits per heavy atom. The Morgan fingerprint density at radius 2 is 2.31 bits per heavy atom. The van der Waals surface area contributed by atoms with Gasteiger partial charge in [0.1, 0.15) is 6.10 Å². The molecule has 0 spiro atoms. The van der Waals surface area contributed by atoms with Crippen LogP contribution in [0.15, 0.2) is 30.4 Å². The Kier molecular flexibility index (Phi) is 2.40. The standard InChI is InChI=1S/C13H16N2O/c1-2-10-4-3-5-13(14-10)15-11-6-8-12(16-15)9-7-11/h3-6,8,11-12H,2,7,9H2,1H3/t11-,12+/m1/s1. The molecule has 2 atom stereocenters. The summed E-state index contributed by atoms with van der Waals surface area (Å²) in [6.07, 6.45) is 7.90. The highest BCUT2D eigenvalue weighted by Gasteiger charge is 2.31.